The summed E-state index contributed by atoms with van der Waals surface area (Å²) in [5, 5.41) is 10.3. The summed E-state index contributed by atoms with van der Waals surface area (Å²) >= 11 is 0. The Bertz CT molecular complexity index is 1100. The van der Waals surface area contributed by atoms with E-state index in [0.717, 1.165) is 16.7 Å². The highest BCUT2D eigenvalue weighted by Gasteiger charge is 2.37. The van der Waals surface area contributed by atoms with Gasteiger partial charge in [0, 0.05) is 18.4 Å². The van der Waals surface area contributed by atoms with Crippen LogP contribution >= 0.6 is 0 Å². The Morgan fingerprint density at radius 2 is 1.84 bits per heavy atom. The molecule has 2 amide bonds. The first-order valence-corrected chi connectivity index (χ1v) is 9.92. The van der Waals surface area contributed by atoms with E-state index in [9.17, 15) is 9.59 Å². The molecule has 3 aromatic rings. The molecule has 1 aliphatic rings. The minimum absolute atomic E-state index is 0.0354. The Morgan fingerprint density at radius 3 is 2.48 bits per heavy atom. The molecule has 0 radical (unpaired) electrons. The van der Waals surface area contributed by atoms with E-state index in [2.05, 4.69) is 15.7 Å². The lowest BCUT2D eigenvalue weighted by Gasteiger charge is -2.10. The van der Waals surface area contributed by atoms with Crippen LogP contribution in [-0.4, -0.2) is 35.8 Å². The van der Waals surface area contributed by atoms with Gasteiger partial charge in [0.15, 0.2) is 0 Å². The number of ether oxygens (including phenoxy) is 2. The molecule has 160 valence electrons. The molecule has 0 aliphatic carbocycles. The minimum atomic E-state index is -0.733. The van der Waals surface area contributed by atoms with Crippen LogP contribution in [0.5, 0.6) is 5.75 Å². The Labute approximate surface area is 180 Å². The van der Waals surface area contributed by atoms with Crippen LogP contribution in [0.1, 0.15) is 23.7 Å². The maximum Gasteiger partial charge on any atom is 0.251 e. The summed E-state index contributed by atoms with van der Waals surface area (Å²) in [4.78, 5) is 25.3. The second-order valence-corrected chi connectivity index (χ2v) is 7.40. The van der Waals surface area contributed by atoms with Crippen molar-refractivity contribution in [2.45, 2.75) is 26.0 Å². The lowest BCUT2D eigenvalue weighted by atomic mass is 10.0. The maximum atomic E-state index is 12.7. The van der Waals surface area contributed by atoms with Crippen molar-refractivity contribution in [2.24, 2.45) is 0 Å². The zero-order valence-corrected chi connectivity index (χ0v) is 17.6. The van der Waals surface area contributed by atoms with E-state index in [1.54, 1.807) is 43.2 Å². The lowest BCUT2D eigenvalue weighted by Crippen LogP contribution is -2.24. The van der Waals surface area contributed by atoms with Gasteiger partial charge in [-0.25, -0.2) is 4.68 Å². The fraction of sp³-hybridized carbons (Fsp3) is 0.261. The highest BCUT2D eigenvalue weighted by atomic mass is 16.5. The summed E-state index contributed by atoms with van der Waals surface area (Å²) in [7, 11) is 3.18. The molecule has 0 saturated heterocycles. The number of aromatic nitrogens is 2. The monoisotopic (exact) mass is 420 g/mol. The van der Waals surface area contributed by atoms with Gasteiger partial charge in [0.05, 0.1) is 25.8 Å². The topological polar surface area (TPSA) is 94.5 Å². The van der Waals surface area contributed by atoms with E-state index in [4.69, 9.17) is 9.47 Å². The van der Waals surface area contributed by atoms with Crippen LogP contribution in [0, 0.1) is 6.92 Å². The number of carbonyl (C=O) groups excluding carboxylic acids is 2. The van der Waals surface area contributed by atoms with Crippen molar-refractivity contribution in [1.29, 1.82) is 0 Å². The van der Waals surface area contributed by atoms with Crippen LogP contribution in [0.15, 0.2) is 48.5 Å². The summed E-state index contributed by atoms with van der Waals surface area (Å²) < 4.78 is 12.0. The molecule has 1 unspecified atom stereocenters. The van der Waals surface area contributed by atoms with Crippen LogP contribution in [0.2, 0.25) is 0 Å². The molecule has 31 heavy (non-hydrogen) atoms. The highest BCUT2D eigenvalue weighted by molar-refractivity contribution is 6.04. The summed E-state index contributed by atoms with van der Waals surface area (Å²) in [5.41, 5.74) is 4.22. The van der Waals surface area contributed by atoms with Gasteiger partial charge in [-0.1, -0.05) is 29.8 Å². The molecule has 0 bridgehead atoms. The molecule has 0 fully saturated rings. The number of nitrogens with one attached hydrogen (secondary N) is 2. The number of hydrogen-bond acceptors (Lipinski definition) is 5. The van der Waals surface area contributed by atoms with Crippen molar-refractivity contribution in [2.75, 3.05) is 24.9 Å². The molecule has 0 spiro atoms. The fourth-order valence-corrected chi connectivity index (χ4v) is 3.64. The third kappa shape index (κ3) is 4.15. The van der Waals surface area contributed by atoms with E-state index < -0.39 is 6.04 Å². The van der Waals surface area contributed by atoms with Crippen molar-refractivity contribution in [3.05, 3.63) is 59.8 Å². The van der Waals surface area contributed by atoms with Crippen molar-refractivity contribution < 1.29 is 19.1 Å². The Balaban J connectivity index is 1.59. The number of nitrogens with zero attached hydrogens (tertiary/aromatic N) is 2. The largest absolute Gasteiger partial charge is 0.497 e. The first-order valence-electron chi connectivity index (χ1n) is 9.92. The zero-order valence-electron chi connectivity index (χ0n) is 17.6. The third-order valence-corrected chi connectivity index (χ3v) is 5.20. The lowest BCUT2D eigenvalue weighted by molar-refractivity contribution is -0.123. The molecule has 4 rings (SSSR count). The number of rotatable bonds is 7. The van der Waals surface area contributed by atoms with Gasteiger partial charge in [-0.3, -0.25) is 9.59 Å². The summed E-state index contributed by atoms with van der Waals surface area (Å²) in [6.45, 7) is 2.31. The summed E-state index contributed by atoms with van der Waals surface area (Å²) in [5.74, 6) is 0.746. The molecular formula is C23H24N4O4. The van der Waals surface area contributed by atoms with Crippen LogP contribution in [0.4, 0.5) is 11.5 Å². The smallest absolute Gasteiger partial charge is 0.251 e. The quantitative estimate of drug-likeness (QED) is 0.610. The van der Waals surface area contributed by atoms with Gasteiger partial charge < -0.3 is 20.1 Å². The van der Waals surface area contributed by atoms with Gasteiger partial charge in [0.1, 0.15) is 17.6 Å². The fourth-order valence-electron chi connectivity index (χ4n) is 3.64. The normalized spacial score (nSPS) is 14.8. The number of benzene rings is 2. The maximum absolute atomic E-state index is 12.7. The van der Waals surface area contributed by atoms with Crippen LogP contribution in [0.3, 0.4) is 0 Å². The average molecular weight is 420 g/mol. The molecule has 1 aliphatic heterocycles. The molecule has 1 atom stereocenters. The third-order valence-electron chi connectivity index (χ3n) is 5.20. The SMILES string of the molecule is COCc1nn2c(c1-c1ccc(C)cc1)NC(=O)C2CC(=O)Nc1ccc(OC)cc1. The Kier molecular flexibility index (Phi) is 5.73. The molecule has 2 N–H and O–H groups in total. The molecular weight excluding hydrogens is 396 g/mol. The number of amides is 2. The Morgan fingerprint density at radius 1 is 1.13 bits per heavy atom. The second kappa shape index (κ2) is 8.61. The number of hydrogen-bond donors (Lipinski definition) is 2. The Hall–Kier alpha value is -3.65. The van der Waals surface area contributed by atoms with E-state index in [-0.39, 0.29) is 18.2 Å². The van der Waals surface area contributed by atoms with Crippen molar-refractivity contribution >= 4 is 23.3 Å². The standard InChI is InChI=1S/C23H24N4O4/c1-14-4-6-15(7-5-14)21-18(13-30-2)26-27-19(23(29)25-22(21)27)12-20(28)24-16-8-10-17(31-3)11-9-16/h4-11,19H,12-13H2,1-3H3,(H,24,28)(H,25,29). The predicted octanol–water partition coefficient (Wildman–Crippen LogP) is 3.54. The number of aryl methyl sites for hydroxylation is 1. The van der Waals surface area contributed by atoms with Crippen molar-refractivity contribution in [1.82, 2.24) is 9.78 Å². The first-order chi connectivity index (χ1) is 15.0. The van der Waals surface area contributed by atoms with Crippen LogP contribution in [-0.2, 0) is 20.9 Å². The molecule has 8 nitrogen and oxygen atoms in total. The number of fused-ring (bicyclic) bond motifs is 1. The molecule has 0 saturated carbocycles. The van der Waals surface area contributed by atoms with Gasteiger partial charge in [-0.2, -0.15) is 5.10 Å². The number of carbonyl (C=O) groups is 2. The molecule has 1 aromatic heterocycles. The van der Waals surface area contributed by atoms with E-state index in [1.165, 1.54) is 0 Å². The molecule has 2 aromatic carbocycles. The van der Waals surface area contributed by atoms with Gasteiger partial charge >= 0.3 is 0 Å². The summed E-state index contributed by atoms with van der Waals surface area (Å²) in [6.07, 6.45) is -0.0354. The van der Waals surface area contributed by atoms with Crippen LogP contribution in [0.25, 0.3) is 11.1 Å². The first kappa shape index (κ1) is 20.6. The summed E-state index contributed by atoms with van der Waals surface area (Å²) in [6, 6.07) is 14.3. The predicted molar refractivity (Wildman–Crippen MR) is 117 cm³/mol. The van der Waals surface area contributed by atoms with Gasteiger partial charge in [0.2, 0.25) is 5.91 Å². The van der Waals surface area contributed by atoms with Crippen molar-refractivity contribution in [3.8, 4) is 16.9 Å². The zero-order chi connectivity index (χ0) is 22.0. The van der Waals surface area contributed by atoms with E-state index >= 15 is 0 Å². The highest BCUT2D eigenvalue weighted by Crippen LogP contribution is 2.39. The van der Waals surface area contributed by atoms with E-state index in [1.807, 2.05) is 31.2 Å². The van der Waals surface area contributed by atoms with Gasteiger partial charge in [0.25, 0.3) is 5.91 Å². The minimum Gasteiger partial charge on any atom is -0.497 e. The number of methoxy groups -OCH3 is 2. The number of anilines is 2. The average Bonchev–Trinajstić information content (AvgIpc) is 3.25. The van der Waals surface area contributed by atoms with Gasteiger partial charge in [-0.05, 0) is 36.8 Å². The molecule has 2 heterocycles. The second-order valence-electron chi connectivity index (χ2n) is 7.40. The van der Waals surface area contributed by atoms with Crippen LogP contribution < -0.4 is 15.4 Å². The van der Waals surface area contributed by atoms with E-state index in [0.29, 0.717) is 29.6 Å². The van der Waals surface area contributed by atoms with Gasteiger partial charge in [-0.15, -0.1) is 0 Å². The molecule has 8 heteroatoms. The van der Waals surface area contributed by atoms with Crippen molar-refractivity contribution in [3.63, 3.8) is 0 Å².